The molecule has 1 N–H and O–H groups in total. The van der Waals surface area contributed by atoms with Gasteiger partial charge in [0.05, 0.1) is 15.2 Å². The van der Waals surface area contributed by atoms with Crippen molar-refractivity contribution in [3.05, 3.63) is 20.8 Å². The van der Waals surface area contributed by atoms with Gasteiger partial charge in [0, 0.05) is 6.04 Å². The van der Waals surface area contributed by atoms with Gasteiger partial charge in [-0.2, -0.15) is 0 Å². The maximum absolute atomic E-state index is 12.0. The molecule has 1 aliphatic rings. The number of likely N-dealkylation sites (N-methyl/N-ethyl adjacent to an activating group) is 1. The number of hydrogen-bond donors (Lipinski definition) is 1. The highest BCUT2D eigenvalue weighted by atomic mass is 79.9. The van der Waals surface area contributed by atoms with Gasteiger partial charge < -0.3 is 5.32 Å². The van der Waals surface area contributed by atoms with Crippen LogP contribution >= 0.6 is 27.3 Å². The maximum atomic E-state index is 12.0. The van der Waals surface area contributed by atoms with E-state index in [2.05, 4.69) is 33.2 Å². The summed E-state index contributed by atoms with van der Waals surface area (Å²) < 4.78 is 1.02. The number of thiophene rings is 1. The van der Waals surface area contributed by atoms with E-state index in [4.69, 9.17) is 0 Å². The molecule has 3 nitrogen and oxygen atoms in total. The van der Waals surface area contributed by atoms with Gasteiger partial charge in [-0.1, -0.05) is 0 Å². The van der Waals surface area contributed by atoms with Crippen molar-refractivity contribution in [2.24, 2.45) is 0 Å². The summed E-state index contributed by atoms with van der Waals surface area (Å²) >= 11 is 4.90. The third kappa shape index (κ3) is 3.61. The standard InChI is InChI=1S/C12H17BrN2OS/c1-15(9-4-6-14-7-5-9)8-10(16)11-2-3-12(13)17-11/h2-3,9,14H,4-8H2,1H3. The minimum atomic E-state index is 0.224. The number of ketones is 1. The van der Waals surface area contributed by atoms with Gasteiger partial charge in [0.1, 0.15) is 0 Å². The van der Waals surface area contributed by atoms with Gasteiger partial charge in [0.15, 0.2) is 5.78 Å². The fourth-order valence-electron chi connectivity index (χ4n) is 2.15. The van der Waals surface area contributed by atoms with Gasteiger partial charge >= 0.3 is 0 Å². The van der Waals surface area contributed by atoms with E-state index in [-0.39, 0.29) is 5.78 Å². The van der Waals surface area contributed by atoms with Crippen LogP contribution in [0.4, 0.5) is 0 Å². The van der Waals surface area contributed by atoms with Crippen LogP contribution in [0.3, 0.4) is 0 Å². The van der Waals surface area contributed by atoms with Crippen molar-refractivity contribution in [2.75, 3.05) is 26.7 Å². The van der Waals surface area contributed by atoms with Gasteiger partial charge in [0.25, 0.3) is 0 Å². The molecule has 0 atom stereocenters. The van der Waals surface area contributed by atoms with Crippen LogP contribution in [0.5, 0.6) is 0 Å². The lowest BCUT2D eigenvalue weighted by Gasteiger charge is -2.30. The number of Topliss-reactive ketones (excluding diaryl/α,β-unsaturated/α-hetero) is 1. The molecule has 5 heteroatoms. The molecule has 0 unspecified atom stereocenters. The van der Waals surface area contributed by atoms with E-state index in [1.165, 1.54) is 11.3 Å². The lowest BCUT2D eigenvalue weighted by atomic mass is 10.1. The lowest BCUT2D eigenvalue weighted by Crippen LogP contribution is -2.43. The van der Waals surface area contributed by atoms with Crippen molar-refractivity contribution >= 4 is 33.0 Å². The first kappa shape index (κ1) is 13.2. The van der Waals surface area contributed by atoms with Crippen molar-refractivity contribution in [1.82, 2.24) is 10.2 Å². The number of carbonyl (C=O) groups is 1. The van der Waals surface area contributed by atoms with Gasteiger partial charge in [-0.25, -0.2) is 0 Å². The molecule has 17 heavy (non-hydrogen) atoms. The van der Waals surface area contributed by atoms with Gasteiger partial charge in [0.2, 0.25) is 0 Å². The number of rotatable bonds is 4. The summed E-state index contributed by atoms with van der Waals surface area (Å²) in [4.78, 5) is 15.1. The lowest BCUT2D eigenvalue weighted by molar-refractivity contribution is 0.0907. The van der Waals surface area contributed by atoms with Gasteiger partial charge in [-0.15, -0.1) is 11.3 Å². The molecule has 0 spiro atoms. The Hall–Kier alpha value is -0.230. The third-order valence-electron chi connectivity index (χ3n) is 3.17. The summed E-state index contributed by atoms with van der Waals surface area (Å²) in [7, 11) is 2.05. The van der Waals surface area contributed by atoms with Crippen LogP contribution < -0.4 is 5.32 Å². The van der Waals surface area contributed by atoms with Crippen LogP contribution in [0.25, 0.3) is 0 Å². The molecule has 1 saturated heterocycles. The second kappa shape index (κ2) is 6.09. The van der Waals surface area contributed by atoms with E-state index >= 15 is 0 Å². The molecular weight excluding hydrogens is 300 g/mol. The van der Waals surface area contributed by atoms with Crippen LogP contribution in [-0.4, -0.2) is 43.4 Å². The molecule has 0 aliphatic carbocycles. The molecular formula is C12H17BrN2OS. The molecule has 0 amide bonds. The Labute approximate surface area is 114 Å². The monoisotopic (exact) mass is 316 g/mol. The molecule has 1 fully saturated rings. The van der Waals surface area contributed by atoms with Crippen molar-refractivity contribution in [1.29, 1.82) is 0 Å². The Kier molecular flexibility index (Phi) is 4.73. The van der Waals surface area contributed by atoms with E-state index in [0.29, 0.717) is 12.6 Å². The predicted molar refractivity (Wildman–Crippen MR) is 74.9 cm³/mol. The highest BCUT2D eigenvalue weighted by Crippen LogP contribution is 2.23. The average molecular weight is 317 g/mol. The fourth-order valence-corrected chi connectivity index (χ4v) is 3.46. The number of halogens is 1. The van der Waals surface area contributed by atoms with Crippen molar-refractivity contribution in [2.45, 2.75) is 18.9 Å². The molecule has 0 bridgehead atoms. The largest absolute Gasteiger partial charge is 0.317 e. The second-order valence-electron chi connectivity index (χ2n) is 4.42. The molecule has 1 aromatic rings. The van der Waals surface area contributed by atoms with Gasteiger partial charge in [-0.05, 0) is 61.0 Å². The molecule has 0 aromatic carbocycles. The molecule has 1 aliphatic heterocycles. The Morgan fingerprint density at radius 2 is 2.24 bits per heavy atom. The summed E-state index contributed by atoms with van der Waals surface area (Å²) in [5.41, 5.74) is 0. The van der Waals surface area contributed by atoms with E-state index in [9.17, 15) is 4.79 Å². The minimum Gasteiger partial charge on any atom is -0.317 e. The Bertz CT molecular complexity index is 388. The molecule has 2 heterocycles. The molecule has 1 aromatic heterocycles. The van der Waals surface area contributed by atoms with Crippen LogP contribution in [0.2, 0.25) is 0 Å². The number of nitrogens with zero attached hydrogens (tertiary/aromatic N) is 1. The predicted octanol–water partition coefficient (Wildman–Crippen LogP) is 2.38. The average Bonchev–Trinajstić information content (AvgIpc) is 2.77. The molecule has 94 valence electrons. The first-order chi connectivity index (χ1) is 8.16. The topological polar surface area (TPSA) is 32.3 Å². The zero-order valence-electron chi connectivity index (χ0n) is 9.91. The van der Waals surface area contributed by atoms with E-state index < -0.39 is 0 Å². The van der Waals surface area contributed by atoms with Crippen LogP contribution in [0.15, 0.2) is 15.9 Å². The normalized spacial score (nSPS) is 17.6. The smallest absolute Gasteiger partial charge is 0.186 e. The van der Waals surface area contributed by atoms with E-state index in [0.717, 1.165) is 34.6 Å². The Morgan fingerprint density at radius 1 is 1.53 bits per heavy atom. The van der Waals surface area contributed by atoms with Crippen LogP contribution in [0, 0.1) is 0 Å². The Balaban J connectivity index is 1.89. The molecule has 0 radical (unpaired) electrons. The van der Waals surface area contributed by atoms with Crippen molar-refractivity contribution < 1.29 is 4.79 Å². The zero-order valence-corrected chi connectivity index (χ0v) is 12.3. The van der Waals surface area contributed by atoms with Gasteiger partial charge in [-0.3, -0.25) is 9.69 Å². The van der Waals surface area contributed by atoms with E-state index in [1.807, 2.05) is 12.1 Å². The van der Waals surface area contributed by atoms with E-state index in [1.54, 1.807) is 0 Å². The maximum Gasteiger partial charge on any atom is 0.186 e. The summed E-state index contributed by atoms with van der Waals surface area (Å²) in [6.45, 7) is 2.65. The summed E-state index contributed by atoms with van der Waals surface area (Å²) in [5, 5.41) is 3.34. The molecule has 0 saturated carbocycles. The van der Waals surface area contributed by atoms with Crippen molar-refractivity contribution in [3.8, 4) is 0 Å². The summed E-state index contributed by atoms with van der Waals surface area (Å²) in [6.07, 6.45) is 2.27. The minimum absolute atomic E-state index is 0.224. The molecule has 2 rings (SSSR count). The van der Waals surface area contributed by atoms with Crippen molar-refractivity contribution in [3.63, 3.8) is 0 Å². The number of hydrogen-bond acceptors (Lipinski definition) is 4. The van der Waals surface area contributed by atoms with Crippen LogP contribution in [-0.2, 0) is 0 Å². The highest BCUT2D eigenvalue weighted by Gasteiger charge is 2.20. The summed E-state index contributed by atoms with van der Waals surface area (Å²) in [5.74, 6) is 0.224. The number of carbonyl (C=O) groups excluding carboxylic acids is 1. The third-order valence-corrected chi connectivity index (χ3v) is 4.84. The second-order valence-corrected chi connectivity index (χ2v) is 6.89. The number of nitrogens with one attached hydrogen (secondary N) is 1. The SMILES string of the molecule is CN(CC(=O)c1ccc(Br)s1)C1CCNCC1. The Morgan fingerprint density at radius 3 is 2.82 bits per heavy atom. The zero-order chi connectivity index (χ0) is 12.3. The number of piperidine rings is 1. The van der Waals surface area contributed by atoms with Crippen LogP contribution in [0.1, 0.15) is 22.5 Å². The highest BCUT2D eigenvalue weighted by molar-refractivity contribution is 9.11. The quantitative estimate of drug-likeness (QED) is 0.866. The first-order valence-electron chi connectivity index (χ1n) is 5.86. The summed E-state index contributed by atoms with van der Waals surface area (Å²) in [6, 6.07) is 4.37. The first-order valence-corrected chi connectivity index (χ1v) is 7.47. The fraction of sp³-hybridized carbons (Fsp3) is 0.583.